The fourth-order valence-corrected chi connectivity index (χ4v) is 1.77. The molecule has 1 amide bonds. The van der Waals surface area contributed by atoms with Crippen molar-refractivity contribution in [2.45, 2.75) is 12.5 Å². The van der Waals surface area contributed by atoms with Gasteiger partial charge in [-0.1, -0.05) is 11.6 Å². The van der Waals surface area contributed by atoms with Crippen LogP contribution in [0.5, 0.6) is 0 Å². The third kappa shape index (κ3) is 4.53. The summed E-state index contributed by atoms with van der Waals surface area (Å²) in [5.74, 6) is -0.0452. The Bertz CT molecular complexity index is 400. The van der Waals surface area contributed by atoms with Crippen LogP contribution in [0.4, 0.5) is 5.69 Å². The molecule has 4 N–H and O–H groups in total. The lowest BCUT2D eigenvalue weighted by molar-refractivity contribution is -0.120. The minimum Gasteiger partial charge on any atom is -0.380 e. The van der Waals surface area contributed by atoms with Gasteiger partial charge in [0.05, 0.1) is 5.02 Å². The van der Waals surface area contributed by atoms with Crippen molar-refractivity contribution in [1.29, 1.82) is 0 Å². The first-order valence-corrected chi connectivity index (χ1v) is 6.36. The third-order valence-corrected chi connectivity index (χ3v) is 3.52. The number of carbonyl (C=O) groups is 1. The van der Waals surface area contributed by atoms with Crippen LogP contribution in [0.2, 0.25) is 5.02 Å². The predicted molar refractivity (Wildman–Crippen MR) is 74.3 cm³/mol. The van der Waals surface area contributed by atoms with Crippen molar-refractivity contribution in [3.63, 3.8) is 0 Å². The summed E-state index contributed by atoms with van der Waals surface area (Å²) in [5.41, 5.74) is 6.45. The standard InChI is InChI=1S/C11H15BrClN3O/c1-15-11(17)5-8(6-14)16-7-2-3-9(12)10(13)4-7/h2-4,8,16H,5-6,14H2,1H3,(H,15,17). The van der Waals surface area contributed by atoms with Gasteiger partial charge in [0.25, 0.3) is 0 Å². The molecule has 4 nitrogen and oxygen atoms in total. The Balaban J connectivity index is 2.67. The van der Waals surface area contributed by atoms with Gasteiger partial charge in [0, 0.05) is 36.2 Å². The molecule has 17 heavy (non-hydrogen) atoms. The predicted octanol–water partition coefficient (Wildman–Crippen LogP) is 1.98. The number of amides is 1. The van der Waals surface area contributed by atoms with Crippen molar-refractivity contribution >= 4 is 39.1 Å². The summed E-state index contributed by atoms with van der Waals surface area (Å²) >= 11 is 9.29. The average Bonchev–Trinajstić information content (AvgIpc) is 2.32. The Morgan fingerprint density at radius 3 is 2.82 bits per heavy atom. The Morgan fingerprint density at radius 1 is 1.59 bits per heavy atom. The van der Waals surface area contributed by atoms with Crippen molar-refractivity contribution in [3.8, 4) is 0 Å². The van der Waals surface area contributed by atoms with Crippen LogP contribution in [0.15, 0.2) is 22.7 Å². The van der Waals surface area contributed by atoms with Crippen molar-refractivity contribution in [3.05, 3.63) is 27.7 Å². The van der Waals surface area contributed by atoms with Crippen LogP contribution in [0, 0.1) is 0 Å². The molecular weight excluding hydrogens is 305 g/mol. The van der Waals surface area contributed by atoms with Crippen LogP contribution in [-0.4, -0.2) is 25.5 Å². The molecule has 0 saturated heterocycles. The van der Waals surface area contributed by atoms with Crippen molar-refractivity contribution < 1.29 is 4.79 Å². The number of benzene rings is 1. The second-order valence-electron chi connectivity index (χ2n) is 3.58. The number of nitrogens with two attached hydrogens (primary N) is 1. The van der Waals surface area contributed by atoms with Gasteiger partial charge in [0.2, 0.25) is 5.91 Å². The molecule has 94 valence electrons. The van der Waals surface area contributed by atoms with E-state index >= 15 is 0 Å². The molecule has 0 heterocycles. The summed E-state index contributed by atoms with van der Waals surface area (Å²) in [4.78, 5) is 11.3. The minimum absolute atomic E-state index is 0.0452. The second-order valence-corrected chi connectivity index (χ2v) is 4.84. The lowest BCUT2D eigenvalue weighted by Crippen LogP contribution is -2.34. The van der Waals surface area contributed by atoms with Gasteiger partial charge in [-0.15, -0.1) is 0 Å². The van der Waals surface area contributed by atoms with Gasteiger partial charge in [-0.3, -0.25) is 4.79 Å². The number of anilines is 1. The van der Waals surface area contributed by atoms with Gasteiger partial charge < -0.3 is 16.4 Å². The number of carbonyl (C=O) groups excluding carboxylic acids is 1. The first kappa shape index (κ1) is 14.3. The number of nitrogens with one attached hydrogen (secondary N) is 2. The maximum Gasteiger partial charge on any atom is 0.221 e. The molecule has 0 aliphatic carbocycles. The van der Waals surface area contributed by atoms with Crippen LogP contribution < -0.4 is 16.4 Å². The Morgan fingerprint density at radius 2 is 2.29 bits per heavy atom. The highest BCUT2D eigenvalue weighted by Gasteiger charge is 2.11. The van der Waals surface area contributed by atoms with Gasteiger partial charge in [-0.25, -0.2) is 0 Å². The van der Waals surface area contributed by atoms with Gasteiger partial charge in [0.1, 0.15) is 0 Å². The molecule has 1 unspecified atom stereocenters. The summed E-state index contributed by atoms with van der Waals surface area (Å²) in [6, 6.07) is 5.41. The van der Waals surface area contributed by atoms with E-state index in [0.29, 0.717) is 18.0 Å². The maximum atomic E-state index is 11.3. The molecule has 1 aromatic carbocycles. The first-order valence-electron chi connectivity index (χ1n) is 5.19. The number of hydrogen-bond acceptors (Lipinski definition) is 3. The summed E-state index contributed by atoms with van der Waals surface area (Å²) in [6.45, 7) is 0.376. The zero-order valence-corrected chi connectivity index (χ0v) is 11.8. The monoisotopic (exact) mass is 319 g/mol. The molecule has 0 fully saturated rings. The van der Waals surface area contributed by atoms with E-state index in [4.69, 9.17) is 17.3 Å². The summed E-state index contributed by atoms with van der Waals surface area (Å²) < 4.78 is 0.834. The second kappa shape index (κ2) is 6.83. The molecule has 0 aliphatic heterocycles. The van der Waals surface area contributed by atoms with Crippen LogP contribution in [-0.2, 0) is 4.79 Å². The van der Waals surface area contributed by atoms with E-state index in [9.17, 15) is 4.79 Å². The SMILES string of the molecule is CNC(=O)CC(CN)Nc1ccc(Br)c(Cl)c1. The smallest absolute Gasteiger partial charge is 0.221 e. The van der Waals surface area contributed by atoms with E-state index in [2.05, 4.69) is 26.6 Å². The molecule has 1 aromatic rings. The molecule has 0 spiro atoms. The Labute approximate surface area is 114 Å². The minimum atomic E-state index is -0.104. The van der Waals surface area contributed by atoms with Crippen molar-refractivity contribution in [2.24, 2.45) is 5.73 Å². The lowest BCUT2D eigenvalue weighted by atomic mass is 10.2. The highest BCUT2D eigenvalue weighted by atomic mass is 79.9. The maximum absolute atomic E-state index is 11.3. The Hall–Kier alpha value is -0.780. The van der Waals surface area contributed by atoms with E-state index in [0.717, 1.165) is 10.2 Å². The number of halogens is 2. The molecule has 0 aromatic heterocycles. The van der Waals surface area contributed by atoms with Gasteiger partial charge >= 0.3 is 0 Å². The van der Waals surface area contributed by atoms with E-state index in [1.54, 1.807) is 13.1 Å². The van der Waals surface area contributed by atoms with Crippen LogP contribution in [0.25, 0.3) is 0 Å². The van der Waals surface area contributed by atoms with Gasteiger partial charge in [-0.05, 0) is 34.1 Å². The largest absolute Gasteiger partial charge is 0.380 e. The summed E-state index contributed by atoms with van der Waals surface area (Å²) in [6.07, 6.45) is 0.334. The number of rotatable bonds is 5. The van der Waals surface area contributed by atoms with Gasteiger partial charge in [0.15, 0.2) is 0 Å². The highest BCUT2D eigenvalue weighted by molar-refractivity contribution is 9.10. The molecule has 6 heteroatoms. The number of hydrogen-bond donors (Lipinski definition) is 3. The fourth-order valence-electron chi connectivity index (χ4n) is 1.34. The van der Waals surface area contributed by atoms with E-state index in [-0.39, 0.29) is 11.9 Å². The molecule has 0 aliphatic rings. The third-order valence-electron chi connectivity index (χ3n) is 2.29. The summed E-state index contributed by atoms with van der Waals surface area (Å²) in [5, 5.41) is 6.36. The zero-order chi connectivity index (χ0) is 12.8. The summed E-state index contributed by atoms with van der Waals surface area (Å²) in [7, 11) is 1.60. The molecule has 0 saturated carbocycles. The molecule has 0 radical (unpaired) electrons. The molecule has 0 bridgehead atoms. The normalized spacial score (nSPS) is 12.0. The molecule has 1 atom stereocenters. The lowest BCUT2D eigenvalue weighted by Gasteiger charge is -2.17. The van der Waals surface area contributed by atoms with Crippen LogP contribution in [0.3, 0.4) is 0 Å². The van der Waals surface area contributed by atoms with E-state index in [1.165, 1.54) is 0 Å². The topological polar surface area (TPSA) is 67.2 Å². The van der Waals surface area contributed by atoms with Crippen molar-refractivity contribution in [2.75, 3.05) is 18.9 Å². The quantitative estimate of drug-likeness (QED) is 0.777. The van der Waals surface area contributed by atoms with Crippen LogP contribution >= 0.6 is 27.5 Å². The van der Waals surface area contributed by atoms with E-state index < -0.39 is 0 Å². The van der Waals surface area contributed by atoms with E-state index in [1.807, 2.05) is 12.1 Å². The average molecular weight is 321 g/mol. The highest BCUT2D eigenvalue weighted by Crippen LogP contribution is 2.25. The van der Waals surface area contributed by atoms with Crippen LogP contribution in [0.1, 0.15) is 6.42 Å². The first-order chi connectivity index (χ1) is 8.06. The Kier molecular flexibility index (Phi) is 5.74. The van der Waals surface area contributed by atoms with Crippen molar-refractivity contribution in [1.82, 2.24) is 5.32 Å². The molecular formula is C11H15BrClN3O. The zero-order valence-electron chi connectivity index (χ0n) is 9.47. The van der Waals surface area contributed by atoms with Gasteiger partial charge in [-0.2, -0.15) is 0 Å². The fraction of sp³-hybridized carbons (Fsp3) is 0.364. The molecule has 1 rings (SSSR count).